The van der Waals surface area contributed by atoms with Gasteiger partial charge in [-0.1, -0.05) is 23.7 Å². The van der Waals surface area contributed by atoms with Crippen molar-refractivity contribution in [2.24, 2.45) is 5.41 Å². The zero-order chi connectivity index (χ0) is 18.0. The topological polar surface area (TPSA) is 60.9 Å². The third-order valence-corrected chi connectivity index (χ3v) is 6.01. The molecule has 0 unspecified atom stereocenters. The smallest absolute Gasteiger partial charge is 0.326 e. The van der Waals surface area contributed by atoms with Gasteiger partial charge in [0.2, 0.25) is 5.91 Å². The molecule has 1 aromatic rings. The van der Waals surface area contributed by atoms with Crippen molar-refractivity contribution in [1.82, 2.24) is 9.80 Å². The van der Waals surface area contributed by atoms with Crippen molar-refractivity contribution >= 4 is 23.5 Å². The highest BCUT2D eigenvalue weighted by Crippen LogP contribution is 2.41. The number of aliphatic carboxylic acids is 1. The molecule has 25 heavy (non-hydrogen) atoms. The Kier molecular flexibility index (Phi) is 5.35. The highest BCUT2D eigenvalue weighted by atomic mass is 35.5. The first-order chi connectivity index (χ1) is 11.9. The molecule has 0 aliphatic carbocycles. The molecule has 3 rings (SSSR count). The third-order valence-electron chi connectivity index (χ3n) is 5.76. The van der Waals surface area contributed by atoms with Crippen LogP contribution in [0, 0.1) is 5.41 Å². The predicted molar refractivity (Wildman–Crippen MR) is 96.4 cm³/mol. The zero-order valence-electron chi connectivity index (χ0n) is 14.6. The SMILES string of the molecule is C[C@H](C(=O)O)N1CC2(CCC1=O)CCN(Cc1ccc(Cl)cc1)CC2. The zero-order valence-corrected chi connectivity index (χ0v) is 15.3. The van der Waals surface area contributed by atoms with Gasteiger partial charge in [0.1, 0.15) is 6.04 Å². The van der Waals surface area contributed by atoms with Gasteiger partial charge in [-0.2, -0.15) is 0 Å². The molecule has 1 N–H and O–H groups in total. The standard InChI is InChI=1S/C19H25ClN2O3/c1-14(18(24)25)22-13-19(7-6-17(22)23)8-10-21(11-9-19)12-15-2-4-16(20)5-3-15/h2-5,14H,6-13H2,1H3,(H,24,25)/t14-/m1/s1. The van der Waals surface area contributed by atoms with Crippen molar-refractivity contribution < 1.29 is 14.7 Å². The molecule has 1 spiro atoms. The molecule has 0 radical (unpaired) electrons. The lowest BCUT2D eigenvalue weighted by Gasteiger charge is -2.48. The number of carbonyl (C=O) groups excluding carboxylic acids is 1. The molecule has 2 heterocycles. The van der Waals surface area contributed by atoms with Crippen LogP contribution >= 0.6 is 11.6 Å². The van der Waals surface area contributed by atoms with Crippen molar-refractivity contribution in [2.45, 2.75) is 45.2 Å². The largest absolute Gasteiger partial charge is 0.480 e. The van der Waals surface area contributed by atoms with E-state index in [9.17, 15) is 14.7 Å². The lowest BCUT2D eigenvalue weighted by molar-refractivity contribution is -0.155. The molecule has 0 bridgehead atoms. The van der Waals surface area contributed by atoms with Crippen LogP contribution in [-0.2, 0) is 16.1 Å². The van der Waals surface area contributed by atoms with Gasteiger partial charge in [-0.25, -0.2) is 4.79 Å². The van der Waals surface area contributed by atoms with Crippen LogP contribution in [0.15, 0.2) is 24.3 Å². The molecule has 2 aliphatic heterocycles. The lowest BCUT2D eigenvalue weighted by Crippen LogP contribution is -2.55. The predicted octanol–water partition coefficient (Wildman–Crippen LogP) is 3.02. The summed E-state index contributed by atoms with van der Waals surface area (Å²) in [5.41, 5.74) is 1.33. The van der Waals surface area contributed by atoms with Crippen molar-refractivity contribution in [3.63, 3.8) is 0 Å². The Morgan fingerprint density at radius 1 is 1.24 bits per heavy atom. The Morgan fingerprint density at radius 3 is 2.48 bits per heavy atom. The van der Waals surface area contributed by atoms with E-state index < -0.39 is 12.0 Å². The highest BCUT2D eigenvalue weighted by molar-refractivity contribution is 6.30. The summed E-state index contributed by atoms with van der Waals surface area (Å²) in [6.45, 7) is 5.04. The monoisotopic (exact) mass is 364 g/mol. The molecule has 0 saturated carbocycles. The van der Waals surface area contributed by atoms with Gasteiger partial charge in [-0.15, -0.1) is 0 Å². The van der Waals surface area contributed by atoms with E-state index in [1.54, 1.807) is 11.8 Å². The van der Waals surface area contributed by atoms with Crippen LogP contribution in [0.2, 0.25) is 5.02 Å². The van der Waals surface area contributed by atoms with Crippen LogP contribution in [0.3, 0.4) is 0 Å². The van der Waals surface area contributed by atoms with E-state index in [1.165, 1.54) is 5.56 Å². The van der Waals surface area contributed by atoms with Gasteiger partial charge in [0, 0.05) is 24.5 Å². The fourth-order valence-electron chi connectivity index (χ4n) is 3.97. The van der Waals surface area contributed by atoms with Crippen LogP contribution in [0.4, 0.5) is 0 Å². The van der Waals surface area contributed by atoms with E-state index in [2.05, 4.69) is 17.0 Å². The number of carboxylic acids is 1. The van der Waals surface area contributed by atoms with Crippen molar-refractivity contribution in [3.05, 3.63) is 34.9 Å². The number of carboxylic acid groups (broad SMARTS) is 1. The third kappa shape index (κ3) is 4.15. The van der Waals surface area contributed by atoms with E-state index in [0.29, 0.717) is 13.0 Å². The van der Waals surface area contributed by atoms with Gasteiger partial charge >= 0.3 is 5.97 Å². The second kappa shape index (κ2) is 7.34. The second-order valence-electron chi connectivity index (χ2n) is 7.44. The van der Waals surface area contributed by atoms with Gasteiger partial charge in [-0.3, -0.25) is 9.69 Å². The first-order valence-corrected chi connectivity index (χ1v) is 9.25. The molecule has 2 saturated heterocycles. The van der Waals surface area contributed by atoms with Gasteiger partial charge in [0.15, 0.2) is 0 Å². The number of carbonyl (C=O) groups is 2. The van der Waals surface area contributed by atoms with E-state index in [1.807, 2.05) is 12.1 Å². The van der Waals surface area contributed by atoms with Crippen molar-refractivity contribution in [1.29, 1.82) is 0 Å². The fraction of sp³-hybridized carbons (Fsp3) is 0.579. The number of likely N-dealkylation sites (tertiary alicyclic amines) is 2. The normalized spacial score (nSPS) is 22.2. The van der Waals surface area contributed by atoms with E-state index in [0.717, 1.165) is 43.9 Å². The Bertz CT molecular complexity index is 639. The molecule has 5 nitrogen and oxygen atoms in total. The minimum Gasteiger partial charge on any atom is -0.480 e. The Labute approximate surface area is 153 Å². The minimum atomic E-state index is -0.925. The summed E-state index contributed by atoms with van der Waals surface area (Å²) in [5, 5.41) is 10.0. The summed E-state index contributed by atoms with van der Waals surface area (Å²) < 4.78 is 0. The molecule has 136 valence electrons. The summed E-state index contributed by atoms with van der Waals surface area (Å²) in [7, 11) is 0. The molecule has 2 aliphatic rings. The van der Waals surface area contributed by atoms with E-state index >= 15 is 0 Å². The van der Waals surface area contributed by atoms with E-state index in [-0.39, 0.29) is 11.3 Å². The van der Waals surface area contributed by atoms with Crippen LogP contribution in [0.25, 0.3) is 0 Å². The minimum absolute atomic E-state index is 0.0240. The molecule has 1 atom stereocenters. The molecule has 1 amide bonds. The number of piperidine rings is 2. The molecular formula is C19H25ClN2O3. The first-order valence-electron chi connectivity index (χ1n) is 8.88. The number of rotatable bonds is 4. The maximum Gasteiger partial charge on any atom is 0.326 e. The lowest BCUT2D eigenvalue weighted by atomic mass is 9.72. The number of nitrogens with zero attached hydrogens (tertiary/aromatic N) is 2. The number of hydrogen-bond donors (Lipinski definition) is 1. The summed E-state index contributed by atoms with van der Waals surface area (Å²) in [6, 6.07) is 7.21. The Morgan fingerprint density at radius 2 is 1.88 bits per heavy atom. The number of hydrogen-bond acceptors (Lipinski definition) is 3. The van der Waals surface area contributed by atoms with E-state index in [4.69, 9.17) is 11.6 Å². The number of benzene rings is 1. The fourth-order valence-corrected chi connectivity index (χ4v) is 4.10. The van der Waals surface area contributed by atoms with Gasteiger partial charge < -0.3 is 10.0 Å². The van der Waals surface area contributed by atoms with Crippen LogP contribution < -0.4 is 0 Å². The Balaban J connectivity index is 1.59. The Hall–Kier alpha value is -1.59. The van der Waals surface area contributed by atoms with Crippen LogP contribution in [0.1, 0.15) is 38.2 Å². The van der Waals surface area contributed by atoms with Gasteiger partial charge in [0.25, 0.3) is 0 Å². The quantitative estimate of drug-likeness (QED) is 0.892. The summed E-state index contributed by atoms with van der Waals surface area (Å²) in [4.78, 5) is 27.4. The maximum atomic E-state index is 12.1. The summed E-state index contributed by atoms with van der Waals surface area (Å²) in [5.74, 6) is -0.949. The maximum absolute atomic E-state index is 12.1. The number of halogens is 1. The highest BCUT2D eigenvalue weighted by Gasteiger charge is 2.43. The average molecular weight is 365 g/mol. The van der Waals surface area contributed by atoms with Crippen molar-refractivity contribution in [3.8, 4) is 0 Å². The summed E-state index contributed by atoms with van der Waals surface area (Å²) in [6.07, 6.45) is 3.37. The first kappa shape index (κ1) is 18.2. The molecular weight excluding hydrogens is 340 g/mol. The molecule has 6 heteroatoms. The van der Waals surface area contributed by atoms with Crippen LogP contribution in [0.5, 0.6) is 0 Å². The molecule has 2 fully saturated rings. The molecule has 1 aromatic carbocycles. The second-order valence-corrected chi connectivity index (χ2v) is 7.87. The summed E-state index contributed by atoms with van der Waals surface area (Å²) >= 11 is 5.94. The number of amides is 1. The van der Waals surface area contributed by atoms with Gasteiger partial charge in [0.05, 0.1) is 0 Å². The molecule has 0 aromatic heterocycles. The average Bonchev–Trinajstić information content (AvgIpc) is 2.60. The van der Waals surface area contributed by atoms with Gasteiger partial charge in [-0.05, 0) is 62.4 Å². The van der Waals surface area contributed by atoms with Crippen LogP contribution in [-0.4, -0.2) is 52.5 Å². The van der Waals surface area contributed by atoms with Crippen molar-refractivity contribution in [2.75, 3.05) is 19.6 Å².